The summed E-state index contributed by atoms with van der Waals surface area (Å²) >= 11 is 6.17. The third-order valence-corrected chi connectivity index (χ3v) is 5.24. The van der Waals surface area contributed by atoms with E-state index in [2.05, 4.69) is 16.8 Å². The van der Waals surface area contributed by atoms with E-state index in [0.717, 1.165) is 19.6 Å². The van der Waals surface area contributed by atoms with Gasteiger partial charge in [-0.1, -0.05) is 24.6 Å². The molecule has 2 aromatic rings. The molecule has 1 saturated heterocycles. The summed E-state index contributed by atoms with van der Waals surface area (Å²) in [6, 6.07) is 10.5. The number of esters is 1. The lowest BCUT2D eigenvalue weighted by Gasteiger charge is -2.37. The summed E-state index contributed by atoms with van der Waals surface area (Å²) < 4.78 is 4.71. The van der Waals surface area contributed by atoms with E-state index in [1.165, 1.54) is 13.3 Å². The fraction of sp³-hybridized carbons (Fsp3) is 0.381. The van der Waals surface area contributed by atoms with Gasteiger partial charge < -0.3 is 14.5 Å². The number of benzene rings is 1. The van der Waals surface area contributed by atoms with Gasteiger partial charge in [-0.05, 0) is 36.9 Å². The van der Waals surface area contributed by atoms with Crippen molar-refractivity contribution in [1.82, 2.24) is 14.8 Å². The van der Waals surface area contributed by atoms with E-state index in [9.17, 15) is 9.59 Å². The molecule has 0 aliphatic carbocycles. The van der Waals surface area contributed by atoms with Crippen molar-refractivity contribution in [1.29, 1.82) is 0 Å². The molecular formula is C21H25ClN4O3. The van der Waals surface area contributed by atoms with Crippen LogP contribution in [0, 0.1) is 0 Å². The normalized spacial score (nSPS) is 14.5. The van der Waals surface area contributed by atoms with E-state index in [1.807, 2.05) is 17.0 Å². The molecule has 1 aliphatic rings. The van der Waals surface area contributed by atoms with Gasteiger partial charge in [-0.25, -0.2) is 9.59 Å². The number of aromatic nitrogens is 1. The monoisotopic (exact) mass is 416 g/mol. The number of carbonyl (C=O) groups is 2. The Hall–Kier alpha value is -2.64. The number of pyridine rings is 1. The van der Waals surface area contributed by atoms with Gasteiger partial charge in [-0.3, -0.25) is 9.88 Å². The van der Waals surface area contributed by atoms with Gasteiger partial charge in [-0.2, -0.15) is 0 Å². The summed E-state index contributed by atoms with van der Waals surface area (Å²) in [4.78, 5) is 35.1. The first-order chi connectivity index (χ1) is 14.0. The highest BCUT2D eigenvalue weighted by Gasteiger charge is 2.26. The standard InChI is InChI=1S/C21H25ClN4O3/c1-3-24-9-11-25(12-10-24)21(28)26(19-6-4-5-17(22)13-19)15-18-8-7-16(14-23-18)20(27)29-2/h4-8,13-14H,3,9-12,15H2,1-2H3. The zero-order chi connectivity index (χ0) is 20.8. The number of hydrogen-bond donors (Lipinski definition) is 0. The molecule has 8 heteroatoms. The topological polar surface area (TPSA) is 66.0 Å². The summed E-state index contributed by atoms with van der Waals surface area (Å²) in [5, 5.41) is 0.560. The summed E-state index contributed by atoms with van der Waals surface area (Å²) in [7, 11) is 1.33. The van der Waals surface area contributed by atoms with Gasteiger partial charge in [0.25, 0.3) is 0 Å². The van der Waals surface area contributed by atoms with Gasteiger partial charge in [0.2, 0.25) is 0 Å². The van der Waals surface area contributed by atoms with Gasteiger partial charge in [0.15, 0.2) is 0 Å². The molecular weight excluding hydrogens is 392 g/mol. The van der Waals surface area contributed by atoms with Crippen molar-refractivity contribution in [2.75, 3.05) is 44.7 Å². The minimum Gasteiger partial charge on any atom is -0.465 e. The third kappa shape index (κ3) is 5.25. The van der Waals surface area contributed by atoms with Crippen molar-refractivity contribution < 1.29 is 14.3 Å². The summed E-state index contributed by atoms with van der Waals surface area (Å²) in [5.74, 6) is -0.444. The highest BCUT2D eigenvalue weighted by Crippen LogP contribution is 2.23. The van der Waals surface area contributed by atoms with Gasteiger partial charge in [0.1, 0.15) is 0 Å². The maximum absolute atomic E-state index is 13.3. The van der Waals surface area contributed by atoms with Crippen LogP contribution in [0.4, 0.5) is 10.5 Å². The molecule has 1 aromatic carbocycles. The number of anilines is 1. The number of rotatable bonds is 5. The molecule has 1 aliphatic heterocycles. The van der Waals surface area contributed by atoms with Crippen LogP contribution < -0.4 is 4.90 Å². The molecule has 0 atom stereocenters. The van der Waals surface area contributed by atoms with Crippen LogP contribution in [0.5, 0.6) is 0 Å². The number of hydrogen-bond acceptors (Lipinski definition) is 5. The van der Waals surface area contributed by atoms with Crippen LogP contribution in [-0.4, -0.2) is 66.6 Å². The first-order valence-electron chi connectivity index (χ1n) is 9.59. The maximum Gasteiger partial charge on any atom is 0.339 e. The van der Waals surface area contributed by atoms with Crippen LogP contribution in [0.2, 0.25) is 5.02 Å². The number of halogens is 1. The predicted octanol–water partition coefficient (Wildman–Crippen LogP) is 3.29. The van der Waals surface area contributed by atoms with Gasteiger partial charge in [0.05, 0.1) is 24.9 Å². The average Bonchev–Trinajstić information content (AvgIpc) is 2.77. The Kier molecular flexibility index (Phi) is 7.06. The highest BCUT2D eigenvalue weighted by atomic mass is 35.5. The Labute approximate surface area is 175 Å². The molecule has 1 aromatic heterocycles. The zero-order valence-corrected chi connectivity index (χ0v) is 17.4. The van der Waals surface area contributed by atoms with E-state index in [1.54, 1.807) is 29.2 Å². The van der Waals surface area contributed by atoms with E-state index in [-0.39, 0.29) is 12.6 Å². The lowest BCUT2D eigenvalue weighted by Crippen LogP contribution is -2.52. The van der Waals surface area contributed by atoms with Crippen molar-refractivity contribution in [3.63, 3.8) is 0 Å². The summed E-state index contributed by atoms with van der Waals surface area (Å²) in [6.45, 7) is 6.46. The third-order valence-electron chi connectivity index (χ3n) is 5.01. The predicted molar refractivity (Wildman–Crippen MR) is 112 cm³/mol. The van der Waals surface area contributed by atoms with Gasteiger partial charge >= 0.3 is 12.0 Å². The molecule has 3 rings (SSSR count). The minimum absolute atomic E-state index is 0.0816. The zero-order valence-electron chi connectivity index (χ0n) is 16.7. The van der Waals surface area contributed by atoms with Gasteiger partial charge in [-0.15, -0.1) is 0 Å². The number of urea groups is 1. The Bertz CT molecular complexity index is 851. The minimum atomic E-state index is -0.444. The van der Waals surface area contributed by atoms with Crippen molar-refractivity contribution in [3.8, 4) is 0 Å². The van der Waals surface area contributed by atoms with Crippen molar-refractivity contribution in [3.05, 3.63) is 58.9 Å². The summed E-state index contributed by atoms with van der Waals surface area (Å²) in [6.07, 6.45) is 1.46. The molecule has 2 heterocycles. The van der Waals surface area contributed by atoms with Crippen LogP contribution in [0.3, 0.4) is 0 Å². The smallest absolute Gasteiger partial charge is 0.339 e. The fourth-order valence-corrected chi connectivity index (χ4v) is 3.44. The molecule has 0 unspecified atom stereocenters. The quantitative estimate of drug-likeness (QED) is 0.700. The average molecular weight is 417 g/mol. The Morgan fingerprint density at radius 2 is 1.93 bits per heavy atom. The van der Waals surface area contributed by atoms with Crippen LogP contribution >= 0.6 is 11.6 Å². The molecule has 0 N–H and O–H groups in total. The molecule has 1 fully saturated rings. The second-order valence-electron chi connectivity index (χ2n) is 6.80. The first kappa shape index (κ1) is 21.1. The van der Waals surface area contributed by atoms with Crippen molar-refractivity contribution in [2.24, 2.45) is 0 Å². The Morgan fingerprint density at radius 1 is 1.17 bits per heavy atom. The number of nitrogens with zero attached hydrogens (tertiary/aromatic N) is 4. The molecule has 0 bridgehead atoms. The number of likely N-dealkylation sites (N-methyl/N-ethyl adjacent to an activating group) is 1. The second kappa shape index (κ2) is 9.71. The van der Waals surface area contributed by atoms with Crippen molar-refractivity contribution in [2.45, 2.75) is 13.5 Å². The maximum atomic E-state index is 13.3. The number of amides is 2. The molecule has 154 valence electrons. The molecule has 7 nitrogen and oxygen atoms in total. The van der Waals surface area contributed by atoms with Crippen LogP contribution in [-0.2, 0) is 11.3 Å². The Balaban J connectivity index is 1.82. The van der Waals surface area contributed by atoms with Crippen LogP contribution in [0.1, 0.15) is 23.0 Å². The fourth-order valence-electron chi connectivity index (χ4n) is 3.26. The molecule has 0 radical (unpaired) electrons. The summed E-state index contributed by atoms with van der Waals surface area (Å²) in [5.41, 5.74) is 1.74. The SMILES string of the molecule is CCN1CCN(C(=O)N(Cc2ccc(C(=O)OC)cn2)c2cccc(Cl)c2)CC1. The van der Waals surface area contributed by atoms with Crippen LogP contribution in [0.25, 0.3) is 0 Å². The number of carbonyl (C=O) groups excluding carboxylic acids is 2. The number of ether oxygens (including phenoxy) is 1. The lowest BCUT2D eigenvalue weighted by molar-refractivity contribution is 0.0600. The number of methoxy groups -OCH3 is 1. The first-order valence-corrected chi connectivity index (χ1v) is 9.97. The van der Waals surface area contributed by atoms with Gasteiger partial charge in [0, 0.05) is 43.1 Å². The largest absolute Gasteiger partial charge is 0.465 e. The highest BCUT2D eigenvalue weighted by molar-refractivity contribution is 6.30. The van der Waals surface area contributed by atoms with Crippen LogP contribution in [0.15, 0.2) is 42.6 Å². The second-order valence-corrected chi connectivity index (χ2v) is 7.24. The Morgan fingerprint density at radius 3 is 2.52 bits per heavy atom. The number of piperazine rings is 1. The molecule has 0 spiro atoms. The van der Waals surface area contributed by atoms with E-state index < -0.39 is 5.97 Å². The van der Waals surface area contributed by atoms with Crippen molar-refractivity contribution >= 4 is 29.3 Å². The molecule has 0 saturated carbocycles. The van der Waals surface area contributed by atoms with E-state index >= 15 is 0 Å². The van der Waals surface area contributed by atoms with E-state index in [4.69, 9.17) is 16.3 Å². The lowest BCUT2D eigenvalue weighted by atomic mass is 10.2. The molecule has 29 heavy (non-hydrogen) atoms. The van der Waals surface area contributed by atoms with E-state index in [0.29, 0.717) is 35.1 Å². The molecule has 2 amide bonds.